The van der Waals surface area contributed by atoms with Crippen molar-refractivity contribution in [3.05, 3.63) is 46.5 Å². The highest BCUT2D eigenvalue weighted by molar-refractivity contribution is 5.43. The number of nitrogens with zero attached hydrogens (tertiary/aromatic N) is 4. The lowest BCUT2D eigenvalue weighted by atomic mass is 10.3. The zero-order valence-electron chi connectivity index (χ0n) is 10.6. The summed E-state index contributed by atoms with van der Waals surface area (Å²) in [6.45, 7) is 3.41. The average molecular weight is 261 g/mol. The van der Waals surface area contributed by atoms with Crippen LogP contribution in [0, 0.1) is 10.1 Å². The molecule has 0 amide bonds. The highest BCUT2D eigenvalue weighted by Crippen LogP contribution is 2.12. The van der Waals surface area contributed by atoms with E-state index in [1.807, 2.05) is 12.1 Å². The maximum absolute atomic E-state index is 10.6. The van der Waals surface area contributed by atoms with Crippen molar-refractivity contribution in [2.75, 3.05) is 11.9 Å². The highest BCUT2D eigenvalue weighted by atomic mass is 16.6. The fourth-order valence-corrected chi connectivity index (χ4v) is 1.64. The Balaban J connectivity index is 2.07. The van der Waals surface area contributed by atoms with Crippen molar-refractivity contribution >= 4 is 11.4 Å². The van der Waals surface area contributed by atoms with Gasteiger partial charge in [0.05, 0.1) is 17.2 Å². The van der Waals surface area contributed by atoms with Crippen LogP contribution in [0.15, 0.2) is 30.7 Å². The van der Waals surface area contributed by atoms with Crippen LogP contribution >= 0.6 is 0 Å². The fourth-order valence-electron chi connectivity index (χ4n) is 1.64. The van der Waals surface area contributed by atoms with Gasteiger partial charge in [0, 0.05) is 18.4 Å². The van der Waals surface area contributed by atoms with Crippen LogP contribution in [0.1, 0.15) is 19.0 Å². The molecule has 0 aliphatic heterocycles. The minimum absolute atomic E-state index is 0.0136. The van der Waals surface area contributed by atoms with E-state index in [9.17, 15) is 10.1 Å². The van der Waals surface area contributed by atoms with Gasteiger partial charge in [-0.1, -0.05) is 6.92 Å². The maximum Gasteiger partial charge on any atom is 0.307 e. The summed E-state index contributed by atoms with van der Waals surface area (Å²) in [5, 5.41) is 17.8. The number of pyridine rings is 1. The van der Waals surface area contributed by atoms with Crippen molar-refractivity contribution in [3.8, 4) is 0 Å². The Labute approximate surface area is 110 Å². The molecular weight excluding hydrogens is 246 g/mol. The van der Waals surface area contributed by atoms with Gasteiger partial charge in [-0.25, -0.2) is 0 Å². The van der Waals surface area contributed by atoms with E-state index in [2.05, 4.69) is 22.3 Å². The Morgan fingerprint density at radius 2 is 2.37 bits per heavy atom. The lowest BCUT2D eigenvalue weighted by molar-refractivity contribution is -0.385. The molecule has 2 aromatic rings. The van der Waals surface area contributed by atoms with Crippen LogP contribution < -0.4 is 5.32 Å². The van der Waals surface area contributed by atoms with Crippen LogP contribution in [0.4, 0.5) is 11.4 Å². The molecule has 0 fully saturated rings. The van der Waals surface area contributed by atoms with Gasteiger partial charge in [-0.3, -0.25) is 19.8 Å². The molecule has 19 heavy (non-hydrogen) atoms. The summed E-state index contributed by atoms with van der Waals surface area (Å²) in [5.74, 6) is 0. The van der Waals surface area contributed by atoms with E-state index in [4.69, 9.17) is 0 Å². The Hall–Kier alpha value is -2.44. The second kappa shape index (κ2) is 5.94. The summed E-state index contributed by atoms with van der Waals surface area (Å²) in [6.07, 6.45) is 5.39. The minimum atomic E-state index is -0.462. The van der Waals surface area contributed by atoms with E-state index in [0.29, 0.717) is 6.54 Å². The molecule has 0 aromatic carbocycles. The lowest BCUT2D eigenvalue weighted by Gasteiger charge is -2.06. The smallest absolute Gasteiger partial charge is 0.307 e. The lowest BCUT2D eigenvalue weighted by Crippen LogP contribution is -2.04. The van der Waals surface area contributed by atoms with E-state index >= 15 is 0 Å². The van der Waals surface area contributed by atoms with E-state index in [-0.39, 0.29) is 5.69 Å². The van der Waals surface area contributed by atoms with Crippen LogP contribution in [0.25, 0.3) is 0 Å². The van der Waals surface area contributed by atoms with Gasteiger partial charge in [0.2, 0.25) is 0 Å². The second-order valence-electron chi connectivity index (χ2n) is 4.12. The molecule has 2 rings (SSSR count). The minimum Gasteiger partial charge on any atom is -0.385 e. The number of nitro groups is 1. The third-order valence-electron chi connectivity index (χ3n) is 2.55. The third kappa shape index (κ3) is 3.51. The molecule has 100 valence electrons. The van der Waals surface area contributed by atoms with Gasteiger partial charge < -0.3 is 5.32 Å². The molecule has 0 saturated carbocycles. The predicted octanol–water partition coefficient (Wildman–Crippen LogP) is 2.06. The molecule has 0 atom stereocenters. The first-order valence-electron chi connectivity index (χ1n) is 6.04. The molecule has 7 heteroatoms. The van der Waals surface area contributed by atoms with Crippen molar-refractivity contribution in [2.24, 2.45) is 0 Å². The topological polar surface area (TPSA) is 85.9 Å². The summed E-state index contributed by atoms with van der Waals surface area (Å²) < 4.78 is 1.50. The van der Waals surface area contributed by atoms with Crippen molar-refractivity contribution in [1.82, 2.24) is 14.8 Å². The van der Waals surface area contributed by atoms with Crippen LogP contribution in [0.3, 0.4) is 0 Å². The third-order valence-corrected chi connectivity index (χ3v) is 2.55. The molecule has 2 heterocycles. The van der Waals surface area contributed by atoms with Crippen LogP contribution in [0.2, 0.25) is 0 Å². The predicted molar refractivity (Wildman–Crippen MR) is 71.0 cm³/mol. The largest absolute Gasteiger partial charge is 0.385 e. The quantitative estimate of drug-likeness (QED) is 0.635. The van der Waals surface area contributed by atoms with Crippen molar-refractivity contribution in [1.29, 1.82) is 0 Å². The molecule has 0 spiro atoms. The number of hydrogen-bond donors (Lipinski definition) is 1. The van der Waals surface area contributed by atoms with E-state index in [1.165, 1.54) is 17.1 Å². The zero-order chi connectivity index (χ0) is 13.7. The van der Waals surface area contributed by atoms with Crippen LogP contribution in [-0.2, 0) is 6.54 Å². The molecule has 0 saturated heterocycles. The number of nitrogens with one attached hydrogen (secondary N) is 1. The standard InChI is InChI=1S/C12H15N5O2/c1-2-4-13-10-3-5-14-11(6-10)8-16-9-12(7-15-16)17(18)19/h3,5-7,9H,2,4,8H2,1H3,(H,13,14). The molecule has 7 nitrogen and oxygen atoms in total. The molecule has 0 aliphatic carbocycles. The second-order valence-corrected chi connectivity index (χ2v) is 4.12. The molecule has 0 bridgehead atoms. The summed E-state index contributed by atoms with van der Waals surface area (Å²) in [4.78, 5) is 14.3. The molecule has 0 aliphatic rings. The van der Waals surface area contributed by atoms with Gasteiger partial charge in [-0.2, -0.15) is 5.10 Å². The highest BCUT2D eigenvalue weighted by Gasteiger charge is 2.09. The Morgan fingerprint density at radius 1 is 1.53 bits per heavy atom. The van der Waals surface area contributed by atoms with Crippen molar-refractivity contribution in [3.63, 3.8) is 0 Å². The van der Waals surface area contributed by atoms with E-state index in [0.717, 1.165) is 24.3 Å². The first-order chi connectivity index (χ1) is 9.19. The molecule has 0 unspecified atom stereocenters. The number of anilines is 1. The molecule has 0 radical (unpaired) electrons. The molecule has 2 aromatic heterocycles. The van der Waals surface area contributed by atoms with Crippen LogP contribution in [0.5, 0.6) is 0 Å². The van der Waals surface area contributed by atoms with E-state index < -0.39 is 4.92 Å². The Kier molecular flexibility index (Phi) is 4.07. The monoisotopic (exact) mass is 261 g/mol. The molecular formula is C12H15N5O2. The summed E-state index contributed by atoms with van der Waals surface area (Å²) in [6, 6.07) is 3.81. The van der Waals surface area contributed by atoms with Gasteiger partial charge >= 0.3 is 5.69 Å². The number of aromatic nitrogens is 3. The Bertz CT molecular complexity index is 567. The summed E-state index contributed by atoms with van der Waals surface area (Å²) >= 11 is 0. The van der Waals surface area contributed by atoms with Crippen LogP contribution in [-0.4, -0.2) is 26.2 Å². The van der Waals surface area contributed by atoms with Gasteiger partial charge in [0.15, 0.2) is 0 Å². The van der Waals surface area contributed by atoms with Crippen molar-refractivity contribution < 1.29 is 4.92 Å². The SMILES string of the molecule is CCCNc1ccnc(Cn2cc([N+](=O)[O-])cn2)c1. The maximum atomic E-state index is 10.6. The fraction of sp³-hybridized carbons (Fsp3) is 0.333. The molecule has 1 N–H and O–H groups in total. The number of hydrogen-bond acceptors (Lipinski definition) is 5. The van der Waals surface area contributed by atoms with Crippen molar-refractivity contribution in [2.45, 2.75) is 19.9 Å². The summed E-state index contributed by atoms with van der Waals surface area (Å²) in [5.41, 5.74) is 1.79. The normalized spacial score (nSPS) is 10.4. The number of rotatable bonds is 6. The summed E-state index contributed by atoms with van der Waals surface area (Å²) in [7, 11) is 0. The van der Waals surface area contributed by atoms with Gasteiger partial charge in [-0.05, 0) is 18.6 Å². The zero-order valence-corrected chi connectivity index (χ0v) is 10.6. The van der Waals surface area contributed by atoms with E-state index in [1.54, 1.807) is 6.20 Å². The first kappa shape index (κ1) is 13.0. The average Bonchev–Trinajstić information content (AvgIpc) is 2.85. The van der Waals surface area contributed by atoms with Gasteiger partial charge in [0.25, 0.3) is 0 Å². The van der Waals surface area contributed by atoms with Gasteiger partial charge in [-0.15, -0.1) is 0 Å². The Morgan fingerprint density at radius 3 is 3.05 bits per heavy atom. The van der Waals surface area contributed by atoms with Gasteiger partial charge in [0.1, 0.15) is 12.4 Å². The first-order valence-corrected chi connectivity index (χ1v) is 6.04.